The van der Waals surface area contributed by atoms with Gasteiger partial charge in [-0.15, -0.1) is 0 Å². The fourth-order valence-corrected chi connectivity index (χ4v) is 2.76. The summed E-state index contributed by atoms with van der Waals surface area (Å²) >= 11 is 1.79. The minimum Gasteiger partial charge on any atom is -0.353 e. The normalized spacial score (nSPS) is 18.1. The quantitative estimate of drug-likeness (QED) is 0.772. The molecule has 2 rings (SSSR count). The maximum absolute atomic E-state index is 11.7. The van der Waals surface area contributed by atoms with Gasteiger partial charge in [0.1, 0.15) is 6.04 Å². The molecule has 0 radical (unpaired) electrons. The number of carbonyl (C=O) groups excluding carboxylic acids is 2. The number of benzene rings is 1. The number of nitrogens with one attached hydrogen (secondary N) is 2. The van der Waals surface area contributed by atoms with Crippen molar-refractivity contribution >= 4 is 23.6 Å². The number of thioether (sulfide) groups is 1. The maximum Gasteiger partial charge on any atom is 0.242 e. The van der Waals surface area contributed by atoms with E-state index in [4.69, 9.17) is 0 Å². The van der Waals surface area contributed by atoms with Crippen LogP contribution in [0.2, 0.25) is 0 Å². The van der Waals surface area contributed by atoms with Crippen molar-refractivity contribution in [2.75, 3.05) is 12.3 Å². The van der Waals surface area contributed by atoms with E-state index in [-0.39, 0.29) is 17.9 Å². The highest BCUT2D eigenvalue weighted by molar-refractivity contribution is 7.98. The summed E-state index contributed by atoms with van der Waals surface area (Å²) in [5.41, 5.74) is 1.29. The summed E-state index contributed by atoms with van der Waals surface area (Å²) < 4.78 is 0. The van der Waals surface area contributed by atoms with Crippen LogP contribution in [0.15, 0.2) is 30.3 Å². The average Bonchev–Trinajstić information content (AvgIpc) is 2.86. The molecule has 0 aliphatic carbocycles. The van der Waals surface area contributed by atoms with Crippen LogP contribution in [0.25, 0.3) is 0 Å². The fourth-order valence-electron chi connectivity index (χ4n) is 1.94. The van der Waals surface area contributed by atoms with E-state index in [0.717, 1.165) is 11.5 Å². The molecule has 1 aliphatic heterocycles. The Hall–Kier alpha value is -1.49. The van der Waals surface area contributed by atoms with Gasteiger partial charge in [-0.25, -0.2) is 0 Å². The predicted octanol–water partition coefficient (Wildman–Crippen LogP) is 1.31. The molecule has 1 fully saturated rings. The summed E-state index contributed by atoms with van der Waals surface area (Å²) in [6, 6.07) is 9.93. The molecule has 1 heterocycles. The summed E-state index contributed by atoms with van der Waals surface area (Å²) in [6.45, 7) is 0.642. The Kier molecular flexibility index (Phi) is 5.27. The van der Waals surface area contributed by atoms with Crippen molar-refractivity contribution in [1.82, 2.24) is 10.6 Å². The summed E-state index contributed by atoms with van der Waals surface area (Å²) in [4.78, 5) is 22.7. The van der Waals surface area contributed by atoms with Crippen LogP contribution < -0.4 is 10.6 Å². The molecule has 2 N–H and O–H groups in total. The van der Waals surface area contributed by atoms with Gasteiger partial charge in [0.15, 0.2) is 0 Å². The van der Waals surface area contributed by atoms with E-state index < -0.39 is 0 Å². The van der Waals surface area contributed by atoms with Crippen molar-refractivity contribution in [3.8, 4) is 0 Å². The first kappa shape index (κ1) is 13.9. The second-order valence-corrected chi connectivity index (χ2v) is 5.59. The van der Waals surface area contributed by atoms with Crippen molar-refractivity contribution < 1.29 is 9.59 Å². The molecule has 1 aromatic rings. The molecular formula is C14H18N2O2S. The fraction of sp³-hybridized carbons (Fsp3) is 0.429. The van der Waals surface area contributed by atoms with E-state index in [1.807, 2.05) is 18.2 Å². The van der Waals surface area contributed by atoms with Crippen LogP contribution in [-0.4, -0.2) is 30.2 Å². The molecule has 1 aliphatic rings. The van der Waals surface area contributed by atoms with Crippen molar-refractivity contribution in [3.05, 3.63) is 35.9 Å². The topological polar surface area (TPSA) is 58.2 Å². The minimum absolute atomic E-state index is 0.0291. The second-order valence-electron chi connectivity index (χ2n) is 4.49. The largest absolute Gasteiger partial charge is 0.353 e. The van der Waals surface area contributed by atoms with Crippen molar-refractivity contribution in [3.63, 3.8) is 0 Å². The van der Waals surface area contributed by atoms with Gasteiger partial charge in [0, 0.05) is 24.5 Å². The van der Waals surface area contributed by atoms with Crippen LogP contribution in [0, 0.1) is 0 Å². The number of carbonyl (C=O) groups is 2. The zero-order valence-electron chi connectivity index (χ0n) is 10.7. The van der Waals surface area contributed by atoms with E-state index in [1.165, 1.54) is 5.56 Å². The predicted molar refractivity (Wildman–Crippen MR) is 76.8 cm³/mol. The van der Waals surface area contributed by atoms with Gasteiger partial charge < -0.3 is 10.6 Å². The number of hydrogen-bond acceptors (Lipinski definition) is 3. The highest BCUT2D eigenvalue weighted by atomic mass is 32.2. The molecule has 0 saturated carbocycles. The van der Waals surface area contributed by atoms with E-state index in [2.05, 4.69) is 22.8 Å². The molecule has 102 valence electrons. The summed E-state index contributed by atoms with van der Waals surface area (Å²) in [5, 5.41) is 5.52. The third kappa shape index (κ3) is 4.59. The summed E-state index contributed by atoms with van der Waals surface area (Å²) in [7, 11) is 0. The SMILES string of the molecule is O=C1CC[C@@H](C(=O)NCCSCc2ccccc2)N1. The molecular weight excluding hydrogens is 260 g/mol. The standard InChI is InChI=1S/C14H18N2O2S/c17-13-7-6-12(16-13)14(18)15-8-9-19-10-11-4-2-1-3-5-11/h1-5,12H,6-10H2,(H,15,18)(H,16,17)/t12-/m0/s1. The third-order valence-corrected chi connectivity index (χ3v) is 4.00. The molecule has 4 nitrogen and oxygen atoms in total. The van der Waals surface area contributed by atoms with Crippen LogP contribution in [0.1, 0.15) is 18.4 Å². The van der Waals surface area contributed by atoms with Gasteiger partial charge in [0.05, 0.1) is 0 Å². The molecule has 0 unspecified atom stereocenters. The first-order chi connectivity index (χ1) is 9.25. The summed E-state index contributed by atoms with van der Waals surface area (Å²) in [5.74, 6) is 1.74. The van der Waals surface area contributed by atoms with Crippen molar-refractivity contribution in [2.24, 2.45) is 0 Å². The van der Waals surface area contributed by atoms with E-state index >= 15 is 0 Å². The maximum atomic E-state index is 11.7. The minimum atomic E-state index is -0.327. The Labute approximate surface area is 117 Å². The molecule has 2 amide bonds. The van der Waals surface area contributed by atoms with Gasteiger partial charge in [-0.2, -0.15) is 11.8 Å². The molecule has 1 aromatic carbocycles. The van der Waals surface area contributed by atoms with E-state index in [0.29, 0.717) is 19.4 Å². The Bertz CT molecular complexity index is 436. The van der Waals surface area contributed by atoms with Crippen LogP contribution in [0.5, 0.6) is 0 Å². The lowest BCUT2D eigenvalue weighted by Gasteiger charge is -2.10. The zero-order valence-corrected chi connectivity index (χ0v) is 11.5. The number of amides is 2. The molecule has 0 bridgehead atoms. The van der Waals surface area contributed by atoms with Gasteiger partial charge >= 0.3 is 0 Å². The Morgan fingerprint density at radius 3 is 2.84 bits per heavy atom. The van der Waals surface area contributed by atoms with Gasteiger partial charge in [-0.05, 0) is 12.0 Å². The highest BCUT2D eigenvalue weighted by Crippen LogP contribution is 2.11. The lowest BCUT2D eigenvalue weighted by atomic mass is 10.2. The Morgan fingerprint density at radius 2 is 2.16 bits per heavy atom. The van der Waals surface area contributed by atoms with Gasteiger partial charge in [-0.1, -0.05) is 30.3 Å². The molecule has 0 spiro atoms. The van der Waals surface area contributed by atoms with Crippen molar-refractivity contribution in [2.45, 2.75) is 24.6 Å². The molecule has 1 saturated heterocycles. The van der Waals surface area contributed by atoms with Crippen LogP contribution in [0.3, 0.4) is 0 Å². The second kappa shape index (κ2) is 7.19. The van der Waals surface area contributed by atoms with Gasteiger partial charge in [0.25, 0.3) is 0 Å². The zero-order chi connectivity index (χ0) is 13.5. The first-order valence-corrected chi connectivity index (χ1v) is 7.60. The Morgan fingerprint density at radius 1 is 1.37 bits per heavy atom. The molecule has 19 heavy (non-hydrogen) atoms. The molecule has 1 atom stereocenters. The lowest BCUT2D eigenvalue weighted by molar-refractivity contribution is -0.125. The Balaban J connectivity index is 1.57. The number of rotatable bonds is 6. The van der Waals surface area contributed by atoms with E-state index in [1.54, 1.807) is 11.8 Å². The van der Waals surface area contributed by atoms with Crippen LogP contribution in [-0.2, 0) is 15.3 Å². The molecule has 0 aromatic heterocycles. The van der Waals surface area contributed by atoms with Crippen LogP contribution >= 0.6 is 11.8 Å². The van der Waals surface area contributed by atoms with E-state index in [9.17, 15) is 9.59 Å². The first-order valence-electron chi connectivity index (χ1n) is 6.44. The smallest absolute Gasteiger partial charge is 0.242 e. The third-order valence-electron chi connectivity index (χ3n) is 2.97. The number of hydrogen-bond donors (Lipinski definition) is 2. The monoisotopic (exact) mass is 278 g/mol. The van der Waals surface area contributed by atoms with Crippen molar-refractivity contribution in [1.29, 1.82) is 0 Å². The van der Waals surface area contributed by atoms with Crippen LogP contribution in [0.4, 0.5) is 0 Å². The lowest BCUT2D eigenvalue weighted by Crippen LogP contribution is -2.42. The highest BCUT2D eigenvalue weighted by Gasteiger charge is 2.26. The average molecular weight is 278 g/mol. The van der Waals surface area contributed by atoms with Gasteiger partial charge in [-0.3, -0.25) is 9.59 Å². The van der Waals surface area contributed by atoms with Gasteiger partial charge in [0.2, 0.25) is 11.8 Å². The summed E-state index contributed by atoms with van der Waals surface area (Å²) in [6.07, 6.45) is 1.07. The molecule has 5 heteroatoms.